The molecule has 3 rings (SSSR count). The van der Waals surface area contributed by atoms with Crippen LogP contribution in [0.25, 0.3) is 0 Å². The van der Waals surface area contributed by atoms with Crippen LogP contribution in [0.5, 0.6) is 5.75 Å². The summed E-state index contributed by atoms with van der Waals surface area (Å²) in [4.78, 5) is 2.50. The molecule has 0 saturated carbocycles. The molecular formula is C17H23N3O. The van der Waals surface area contributed by atoms with Gasteiger partial charge in [0.25, 0.3) is 0 Å². The molecule has 1 aliphatic heterocycles. The van der Waals surface area contributed by atoms with Gasteiger partial charge in [0, 0.05) is 6.54 Å². The van der Waals surface area contributed by atoms with Gasteiger partial charge in [0.15, 0.2) is 5.75 Å². The number of likely N-dealkylation sites (tertiary alicyclic amines) is 1. The molecule has 1 aromatic heterocycles. The third kappa shape index (κ3) is 4.33. The monoisotopic (exact) mass is 285 g/mol. The fourth-order valence-electron chi connectivity index (χ4n) is 2.97. The molecule has 1 fully saturated rings. The summed E-state index contributed by atoms with van der Waals surface area (Å²) in [5.41, 5.74) is 1.47. The lowest BCUT2D eigenvalue weighted by Crippen LogP contribution is -2.36. The molecule has 4 nitrogen and oxygen atoms in total. The summed E-state index contributed by atoms with van der Waals surface area (Å²) in [6.45, 7) is 4.12. The molecule has 1 N–H and O–H groups in total. The molecule has 4 heteroatoms. The Labute approximate surface area is 126 Å². The molecule has 1 aliphatic rings. The van der Waals surface area contributed by atoms with Crippen LogP contribution in [0.2, 0.25) is 0 Å². The van der Waals surface area contributed by atoms with Crippen molar-refractivity contribution in [1.29, 1.82) is 0 Å². The second kappa shape index (κ2) is 7.27. The van der Waals surface area contributed by atoms with E-state index in [0.717, 1.165) is 24.8 Å². The lowest BCUT2D eigenvalue weighted by atomic mass is 9.90. The molecule has 1 aromatic carbocycles. The number of piperidine rings is 1. The Morgan fingerprint density at radius 1 is 1.19 bits per heavy atom. The number of rotatable bonds is 6. The SMILES string of the molecule is c1ccc(CC2CCN(CCOc3cn[nH]c3)CC2)cc1. The van der Waals surface area contributed by atoms with Crippen LogP contribution >= 0.6 is 0 Å². The normalized spacial score (nSPS) is 17.0. The number of H-pyrrole nitrogens is 1. The van der Waals surface area contributed by atoms with Gasteiger partial charge >= 0.3 is 0 Å². The predicted octanol–water partition coefficient (Wildman–Crippen LogP) is 2.74. The first kappa shape index (κ1) is 14.1. The number of nitrogens with zero attached hydrogens (tertiary/aromatic N) is 2. The summed E-state index contributed by atoms with van der Waals surface area (Å²) >= 11 is 0. The molecule has 0 aliphatic carbocycles. The minimum atomic E-state index is 0.739. The topological polar surface area (TPSA) is 41.1 Å². The highest BCUT2D eigenvalue weighted by atomic mass is 16.5. The lowest BCUT2D eigenvalue weighted by Gasteiger charge is -2.31. The third-order valence-electron chi connectivity index (χ3n) is 4.22. The van der Waals surface area contributed by atoms with Crippen molar-refractivity contribution >= 4 is 0 Å². The Morgan fingerprint density at radius 2 is 2.00 bits per heavy atom. The number of hydrogen-bond donors (Lipinski definition) is 1. The summed E-state index contributed by atoms with van der Waals surface area (Å²) < 4.78 is 5.64. The number of benzene rings is 1. The maximum Gasteiger partial charge on any atom is 0.156 e. The maximum atomic E-state index is 5.64. The highest BCUT2D eigenvalue weighted by Crippen LogP contribution is 2.21. The maximum absolute atomic E-state index is 5.64. The lowest BCUT2D eigenvalue weighted by molar-refractivity contribution is 0.155. The number of hydrogen-bond acceptors (Lipinski definition) is 3. The molecule has 0 radical (unpaired) electrons. The Kier molecular flexibility index (Phi) is 4.90. The highest BCUT2D eigenvalue weighted by molar-refractivity contribution is 5.15. The first-order chi connectivity index (χ1) is 10.4. The van der Waals surface area contributed by atoms with Crippen molar-refractivity contribution in [3.05, 3.63) is 48.3 Å². The first-order valence-electron chi connectivity index (χ1n) is 7.78. The van der Waals surface area contributed by atoms with Crippen molar-refractivity contribution in [2.24, 2.45) is 5.92 Å². The molecule has 0 amide bonds. The second-order valence-electron chi connectivity index (χ2n) is 5.76. The average molecular weight is 285 g/mol. The van der Waals surface area contributed by atoms with Crippen molar-refractivity contribution in [3.8, 4) is 5.75 Å². The van der Waals surface area contributed by atoms with E-state index in [-0.39, 0.29) is 0 Å². The zero-order valence-corrected chi connectivity index (χ0v) is 12.4. The van der Waals surface area contributed by atoms with Gasteiger partial charge in [-0.25, -0.2) is 0 Å². The summed E-state index contributed by atoms with van der Waals surface area (Å²) in [6.07, 6.45) is 7.31. The molecule has 0 bridgehead atoms. The number of aromatic nitrogens is 2. The van der Waals surface area contributed by atoms with Gasteiger partial charge in [0.1, 0.15) is 6.61 Å². The van der Waals surface area contributed by atoms with E-state index in [1.165, 1.54) is 37.9 Å². The number of ether oxygens (including phenoxy) is 1. The molecule has 21 heavy (non-hydrogen) atoms. The van der Waals surface area contributed by atoms with Crippen molar-refractivity contribution in [2.75, 3.05) is 26.2 Å². The predicted molar refractivity (Wildman–Crippen MR) is 83.4 cm³/mol. The standard InChI is InChI=1S/C17H23N3O/c1-2-4-15(5-3-1)12-16-6-8-20(9-7-16)10-11-21-17-13-18-19-14-17/h1-5,13-14,16H,6-12H2,(H,18,19). The second-order valence-corrected chi connectivity index (χ2v) is 5.76. The van der Waals surface area contributed by atoms with Crippen LogP contribution < -0.4 is 4.74 Å². The van der Waals surface area contributed by atoms with Crippen LogP contribution in [0, 0.1) is 5.92 Å². The van der Waals surface area contributed by atoms with Crippen molar-refractivity contribution in [2.45, 2.75) is 19.3 Å². The zero-order valence-electron chi connectivity index (χ0n) is 12.4. The van der Waals surface area contributed by atoms with Crippen LogP contribution in [0.4, 0.5) is 0 Å². The molecular weight excluding hydrogens is 262 g/mol. The Morgan fingerprint density at radius 3 is 2.71 bits per heavy atom. The quantitative estimate of drug-likeness (QED) is 0.887. The summed E-state index contributed by atoms with van der Waals surface area (Å²) in [5, 5.41) is 6.63. The largest absolute Gasteiger partial charge is 0.489 e. The molecule has 0 unspecified atom stereocenters. The van der Waals surface area contributed by atoms with E-state index in [1.54, 1.807) is 12.4 Å². The van der Waals surface area contributed by atoms with Crippen LogP contribution in [0.3, 0.4) is 0 Å². The molecule has 0 atom stereocenters. The summed E-state index contributed by atoms with van der Waals surface area (Å²) in [6, 6.07) is 10.8. The van der Waals surface area contributed by atoms with Crippen LogP contribution in [0.15, 0.2) is 42.7 Å². The van der Waals surface area contributed by atoms with Gasteiger partial charge in [0.05, 0.1) is 12.4 Å². The highest BCUT2D eigenvalue weighted by Gasteiger charge is 2.19. The molecule has 112 valence electrons. The van der Waals surface area contributed by atoms with Gasteiger partial charge in [-0.3, -0.25) is 10.00 Å². The molecule has 0 spiro atoms. The van der Waals surface area contributed by atoms with E-state index in [0.29, 0.717) is 0 Å². The zero-order chi connectivity index (χ0) is 14.3. The van der Waals surface area contributed by atoms with Crippen molar-refractivity contribution in [1.82, 2.24) is 15.1 Å². The van der Waals surface area contributed by atoms with Gasteiger partial charge < -0.3 is 4.74 Å². The summed E-state index contributed by atoms with van der Waals surface area (Å²) in [5.74, 6) is 1.66. The molecule has 1 saturated heterocycles. The van der Waals surface area contributed by atoms with E-state index in [4.69, 9.17) is 4.74 Å². The van der Waals surface area contributed by atoms with Crippen LogP contribution in [-0.2, 0) is 6.42 Å². The van der Waals surface area contributed by atoms with Crippen LogP contribution in [0.1, 0.15) is 18.4 Å². The van der Waals surface area contributed by atoms with Gasteiger partial charge in [-0.05, 0) is 43.8 Å². The van der Waals surface area contributed by atoms with E-state index >= 15 is 0 Å². The smallest absolute Gasteiger partial charge is 0.156 e. The van der Waals surface area contributed by atoms with E-state index < -0.39 is 0 Å². The Balaban J connectivity index is 1.35. The first-order valence-corrected chi connectivity index (χ1v) is 7.78. The van der Waals surface area contributed by atoms with Crippen molar-refractivity contribution in [3.63, 3.8) is 0 Å². The number of aromatic amines is 1. The average Bonchev–Trinajstić information content (AvgIpc) is 3.03. The molecule has 2 heterocycles. The summed E-state index contributed by atoms with van der Waals surface area (Å²) in [7, 11) is 0. The van der Waals surface area contributed by atoms with Crippen LogP contribution in [-0.4, -0.2) is 41.3 Å². The van der Waals surface area contributed by atoms with Gasteiger partial charge in [-0.15, -0.1) is 0 Å². The van der Waals surface area contributed by atoms with Gasteiger partial charge in [0.2, 0.25) is 0 Å². The number of nitrogens with one attached hydrogen (secondary N) is 1. The minimum Gasteiger partial charge on any atom is -0.489 e. The fraction of sp³-hybridized carbons (Fsp3) is 0.471. The fourth-order valence-corrected chi connectivity index (χ4v) is 2.97. The van der Waals surface area contributed by atoms with E-state index in [9.17, 15) is 0 Å². The van der Waals surface area contributed by atoms with E-state index in [2.05, 4.69) is 45.4 Å². The third-order valence-corrected chi connectivity index (χ3v) is 4.22. The molecule has 2 aromatic rings. The van der Waals surface area contributed by atoms with Crippen molar-refractivity contribution < 1.29 is 4.74 Å². The Hall–Kier alpha value is -1.81. The minimum absolute atomic E-state index is 0.739. The van der Waals surface area contributed by atoms with Gasteiger partial charge in [-0.2, -0.15) is 5.10 Å². The Bertz CT molecular complexity index is 504. The van der Waals surface area contributed by atoms with Gasteiger partial charge in [-0.1, -0.05) is 30.3 Å². The van der Waals surface area contributed by atoms with E-state index in [1.807, 2.05) is 0 Å².